The zero-order chi connectivity index (χ0) is 32.9. The molecule has 1 amide bonds. The Kier molecular flexibility index (Phi) is 7.97. The number of aliphatic hydroxyl groups is 1. The Morgan fingerprint density at radius 3 is 2.56 bits per heavy atom. The fourth-order valence-electron chi connectivity index (χ4n) is 7.55. The van der Waals surface area contributed by atoms with Gasteiger partial charge in [0.05, 0.1) is 49.0 Å². The summed E-state index contributed by atoms with van der Waals surface area (Å²) < 4.78 is 24.3. The molecule has 12 nitrogen and oxygen atoms in total. The summed E-state index contributed by atoms with van der Waals surface area (Å²) in [6, 6.07) is 7.89. The number of hydrogen-bond acceptors (Lipinski definition) is 9. The Bertz CT molecular complexity index is 1930. The summed E-state index contributed by atoms with van der Waals surface area (Å²) in [6.07, 6.45) is 8.09. The van der Waals surface area contributed by atoms with Crippen LogP contribution in [0, 0.1) is 5.82 Å². The number of ether oxygens (including phenoxy) is 1. The fourth-order valence-corrected chi connectivity index (χ4v) is 7.55. The maximum atomic E-state index is 15.5. The molecule has 2 N–H and O–H groups in total. The molecule has 4 aromatic rings. The van der Waals surface area contributed by atoms with Gasteiger partial charge in [-0.25, -0.2) is 14.4 Å². The number of fused-ring (bicyclic) bond motifs is 3. The van der Waals surface area contributed by atoms with Gasteiger partial charge < -0.3 is 29.2 Å². The van der Waals surface area contributed by atoms with Crippen LogP contribution in [0.4, 0.5) is 27.4 Å². The van der Waals surface area contributed by atoms with Crippen LogP contribution >= 0.6 is 0 Å². The van der Waals surface area contributed by atoms with Gasteiger partial charge in [0, 0.05) is 82.0 Å². The number of pyridine rings is 3. The highest BCUT2D eigenvalue weighted by atomic mass is 19.1. The second-order valence-corrected chi connectivity index (χ2v) is 13.0. The highest BCUT2D eigenvalue weighted by molar-refractivity contribution is 6.08. The predicted molar refractivity (Wildman–Crippen MR) is 179 cm³/mol. The lowest BCUT2D eigenvalue weighted by atomic mass is 10.00. The number of nitrogens with one attached hydrogen (secondary N) is 1. The molecule has 4 aliphatic heterocycles. The maximum Gasteiger partial charge on any atom is 0.274 e. The van der Waals surface area contributed by atoms with E-state index < -0.39 is 18.3 Å². The van der Waals surface area contributed by atoms with Crippen molar-refractivity contribution in [2.45, 2.75) is 44.9 Å². The van der Waals surface area contributed by atoms with Crippen molar-refractivity contribution in [3.8, 4) is 11.1 Å². The van der Waals surface area contributed by atoms with Crippen LogP contribution < -0.4 is 20.7 Å². The van der Waals surface area contributed by atoms with Crippen molar-refractivity contribution in [3.63, 3.8) is 0 Å². The first-order valence-corrected chi connectivity index (χ1v) is 16.7. The van der Waals surface area contributed by atoms with Crippen molar-refractivity contribution in [2.24, 2.45) is 7.05 Å². The number of piperazine rings is 1. The Morgan fingerprint density at radius 1 is 1.00 bits per heavy atom. The Labute approximate surface area is 277 Å². The molecule has 250 valence electrons. The van der Waals surface area contributed by atoms with Crippen molar-refractivity contribution < 1.29 is 19.0 Å². The minimum Gasteiger partial charge on any atom is -0.392 e. The van der Waals surface area contributed by atoms with E-state index in [0.717, 1.165) is 70.2 Å². The molecule has 0 aromatic carbocycles. The number of rotatable bonds is 7. The Balaban J connectivity index is 1.05. The SMILES string of the molecule is Cn1cc(-c2ccnc(N3CCc4c(c(F)c5n4CCCC5)C3=O)c2CO)cc(Nc2ccc(N3CCN(C4COC4)CC3)cn2)c1=O. The zero-order valence-corrected chi connectivity index (χ0v) is 27.0. The van der Waals surface area contributed by atoms with E-state index in [1.807, 2.05) is 22.9 Å². The van der Waals surface area contributed by atoms with E-state index in [0.29, 0.717) is 59.3 Å². The number of aromatic nitrogens is 4. The van der Waals surface area contributed by atoms with Gasteiger partial charge in [-0.1, -0.05) is 0 Å². The molecule has 0 atom stereocenters. The number of carbonyl (C=O) groups excluding carboxylic acids is 1. The quantitative estimate of drug-likeness (QED) is 0.310. The number of halogens is 1. The smallest absolute Gasteiger partial charge is 0.274 e. The number of hydrogen-bond donors (Lipinski definition) is 2. The van der Waals surface area contributed by atoms with Crippen LogP contribution in [0.5, 0.6) is 0 Å². The normalized spacial score (nSPS) is 18.4. The van der Waals surface area contributed by atoms with Gasteiger partial charge in [0.1, 0.15) is 17.3 Å². The van der Waals surface area contributed by atoms with E-state index in [2.05, 4.69) is 25.1 Å². The van der Waals surface area contributed by atoms with E-state index in [4.69, 9.17) is 4.74 Å². The molecular formula is C35H39FN8O4. The van der Waals surface area contributed by atoms with Gasteiger partial charge in [-0.2, -0.15) is 0 Å². The first-order chi connectivity index (χ1) is 23.4. The lowest BCUT2D eigenvalue weighted by Gasteiger charge is -2.43. The molecule has 0 bridgehead atoms. The first-order valence-electron chi connectivity index (χ1n) is 16.7. The monoisotopic (exact) mass is 654 g/mol. The van der Waals surface area contributed by atoms with Crippen LogP contribution in [-0.4, -0.2) is 87.0 Å². The third-order valence-corrected chi connectivity index (χ3v) is 10.3. The largest absolute Gasteiger partial charge is 0.392 e. The molecule has 48 heavy (non-hydrogen) atoms. The minimum atomic E-state index is -0.442. The lowest BCUT2D eigenvalue weighted by molar-refractivity contribution is -0.0660. The molecule has 8 rings (SSSR count). The lowest BCUT2D eigenvalue weighted by Crippen LogP contribution is -2.56. The van der Waals surface area contributed by atoms with Crippen molar-refractivity contribution in [3.05, 3.63) is 81.5 Å². The predicted octanol–water partition coefficient (Wildman–Crippen LogP) is 3.08. The second-order valence-electron chi connectivity index (χ2n) is 13.0. The number of carbonyl (C=O) groups is 1. The van der Waals surface area contributed by atoms with E-state index in [1.54, 1.807) is 31.6 Å². The van der Waals surface area contributed by atoms with E-state index >= 15 is 4.39 Å². The molecule has 0 unspecified atom stereocenters. The summed E-state index contributed by atoms with van der Waals surface area (Å²) in [5, 5.41) is 13.8. The van der Waals surface area contributed by atoms with Crippen LogP contribution in [0.1, 0.15) is 40.2 Å². The van der Waals surface area contributed by atoms with Gasteiger partial charge >= 0.3 is 0 Å². The average molecular weight is 655 g/mol. The van der Waals surface area contributed by atoms with Crippen LogP contribution in [0.3, 0.4) is 0 Å². The van der Waals surface area contributed by atoms with Gasteiger partial charge in [-0.05, 0) is 49.1 Å². The number of aryl methyl sites for hydroxylation is 1. The second kappa shape index (κ2) is 12.5. The van der Waals surface area contributed by atoms with Crippen LogP contribution in [-0.2, 0) is 37.8 Å². The minimum absolute atomic E-state index is 0.118. The van der Waals surface area contributed by atoms with Gasteiger partial charge in [0.25, 0.3) is 11.5 Å². The Hall–Kier alpha value is -4.59. The fraction of sp³-hybridized carbons (Fsp3) is 0.429. The number of amides is 1. The van der Waals surface area contributed by atoms with Crippen molar-refractivity contribution >= 4 is 28.9 Å². The summed E-state index contributed by atoms with van der Waals surface area (Å²) in [6.45, 7) is 6.10. The third-order valence-electron chi connectivity index (χ3n) is 10.3. The number of anilines is 4. The van der Waals surface area contributed by atoms with Crippen LogP contribution in [0.25, 0.3) is 11.1 Å². The average Bonchev–Trinajstić information content (AvgIpc) is 3.38. The van der Waals surface area contributed by atoms with Gasteiger partial charge in [-0.15, -0.1) is 0 Å². The zero-order valence-electron chi connectivity index (χ0n) is 27.0. The van der Waals surface area contributed by atoms with E-state index in [-0.39, 0.29) is 16.9 Å². The van der Waals surface area contributed by atoms with Gasteiger partial charge in [0.2, 0.25) is 0 Å². The summed E-state index contributed by atoms with van der Waals surface area (Å²) in [5.41, 5.74) is 4.27. The van der Waals surface area contributed by atoms with Crippen LogP contribution in [0.2, 0.25) is 0 Å². The van der Waals surface area contributed by atoms with Gasteiger partial charge in [-0.3, -0.25) is 19.4 Å². The Morgan fingerprint density at radius 2 is 1.83 bits per heavy atom. The molecular weight excluding hydrogens is 615 g/mol. The summed E-state index contributed by atoms with van der Waals surface area (Å²) in [5.74, 6) is -0.0551. The topological polar surface area (TPSA) is 121 Å². The van der Waals surface area contributed by atoms with Crippen molar-refractivity contribution in [2.75, 3.05) is 61.1 Å². The van der Waals surface area contributed by atoms with Crippen LogP contribution in [0.15, 0.2) is 47.7 Å². The number of aliphatic hydroxyl groups excluding tert-OH is 1. The molecule has 0 spiro atoms. The summed E-state index contributed by atoms with van der Waals surface area (Å²) >= 11 is 0. The highest BCUT2D eigenvalue weighted by Gasteiger charge is 2.37. The molecule has 2 fully saturated rings. The highest BCUT2D eigenvalue weighted by Crippen LogP contribution is 2.36. The molecule has 0 aliphatic carbocycles. The molecule has 0 saturated carbocycles. The molecule has 2 saturated heterocycles. The van der Waals surface area contributed by atoms with E-state index in [9.17, 15) is 14.7 Å². The molecule has 8 heterocycles. The summed E-state index contributed by atoms with van der Waals surface area (Å²) in [4.78, 5) is 42.4. The van der Waals surface area contributed by atoms with Crippen molar-refractivity contribution in [1.82, 2.24) is 24.0 Å². The standard InChI is InChI=1S/C35H39FN8O4/c1-40-18-22(16-27(34(40)46)39-30-6-5-23(17-38-30)41-12-14-42(15-13-41)24-20-48-21-24)25-7-9-37-33(26(25)19-45)44-11-8-28-31(35(44)47)32(36)29-4-2-3-10-43(28)29/h5-7,9,16-18,24,45H,2-4,8,10-15,19-21H2,1H3,(H,38,39). The van der Waals surface area contributed by atoms with Gasteiger partial charge in [0.15, 0.2) is 5.82 Å². The molecule has 4 aromatic heterocycles. The summed E-state index contributed by atoms with van der Waals surface area (Å²) in [7, 11) is 1.66. The van der Waals surface area contributed by atoms with Crippen molar-refractivity contribution in [1.29, 1.82) is 0 Å². The molecule has 4 aliphatic rings. The van der Waals surface area contributed by atoms with E-state index in [1.165, 1.54) is 9.47 Å². The molecule has 0 radical (unpaired) electrons. The molecule has 13 heteroatoms. The maximum absolute atomic E-state index is 15.5. The first kappa shape index (κ1) is 30.7. The number of nitrogens with zero attached hydrogens (tertiary/aromatic N) is 7. The third kappa shape index (κ3) is 5.26.